The molecule has 0 aliphatic carbocycles. The molecule has 9 unspecified atom stereocenters. The summed E-state index contributed by atoms with van der Waals surface area (Å²) in [4.78, 5) is 13.0. The molecule has 9 atom stereocenters. The van der Waals surface area contributed by atoms with Crippen molar-refractivity contribution >= 4 is 5.91 Å². The molecular weight excluding hydrogens is 666 g/mol. The molecular formula is C41H79NO10. The van der Waals surface area contributed by atoms with Crippen LogP contribution in [0.25, 0.3) is 0 Å². The van der Waals surface area contributed by atoms with Crippen LogP contribution in [0.1, 0.15) is 174 Å². The first-order valence-electron chi connectivity index (χ1n) is 21.1. The first-order valence-corrected chi connectivity index (χ1v) is 21.1. The zero-order valence-corrected chi connectivity index (χ0v) is 32.8. The summed E-state index contributed by atoms with van der Waals surface area (Å²) in [5.41, 5.74) is 0. The average molecular weight is 746 g/mol. The molecule has 1 aliphatic rings. The van der Waals surface area contributed by atoms with Crippen LogP contribution in [0.5, 0.6) is 0 Å². The Hall–Kier alpha value is -1.15. The van der Waals surface area contributed by atoms with Crippen molar-refractivity contribution < 1.29 is 50.0 Å². The molecule has 0 aromatic rings. The number of carbonyl (C=O) groups excluding carboxylic acids is 1. The average Bonchev–Trinajstić information content (AvgIpc) is 3.14. The Morgan fingerprint density at radius 3 is 1.67 bits per heavy atom. The summed E-state index contributed by atoms with van der Waals surface area (Å²) in [5.74, 6) is -0.709. The second kappa shape index (κ2) is 32.1. The number of aliphatic hydroxyl groups is 7. The van der Waals surface area contributed by atoms with Crippen molar-refractivity contribution in [3.8, 4) is 0 Å². The largest absolute Gasteiger partial charge is 0.394 e. The molecule has 52 heavy (non-hydrogen) atoms. The van der Waals surface area contributed by atoms with Gasteiger partial charge in [0.1, 0.15) is 36.6 Å². The van der Waals surface area contributed by atoms with Crippen LogP contribution >= 0.6 is 0 Å². The van der Waals surface area contributed by atoms with Crippen LogP contribution in [0.4, 0.5) is 0 Å². The molecule has 1 heterocycles. The predicted molar refractivity (Wildman–Crippen MR) is 206 cm³/mol. The van der Waals surface area contributed by atoms with Crippen molar-refractivity contribution in [2.24, 2.45) is 0 Å². The summed E-state index contributed by atoms with van der Waals surface area (Å²) in [6.07, 6.45) is 19.8. The quantitative estimate of drug-likeness (QED) is 0.0299. The highest BCUT2D eigenvalue weighted by Crippen LogP contribution is 2.23. The molecule has 1 aliphatic heterocycles. The maximum atomic E-state index is 13.0. The molecule has 11 nitrogen and oxygen atoms in total. The summed E-state index contributed by atoms with van der Waals surface area (Å²) in [5, 5.41) is 75.3. The normalized spacial score (nSPS) is 23.1. The third kappa shape index (κ3) is 22.3. The standard InChI is InChI=1S/C41H79NO10/c1-3-5-7-9-11-13-15-16-17-18-19-21-22-24-26-28-33(44)36(46)32(31-51-41-39(49)38(48)37(47)35(30-43)52-41)42-40(50)34(45)29-27-25-23-20-14-12-10-8-6-4-2/h10,12,32-39,41,43-49H,3-9,11,13-31H2,1-2H3,(H,42,50)/b12-10-. The van der Waals surface area contributed by atoms with Crippen LogP contribution in [0.2, 0.25) is 0 Å². The third-order valence-electron chi connectivity index (χ3n) is 10.3. The topological polar surface area (TPSA) is 189 Å². The lowest BCUT2D eigenvalue weighted by Gasteiger charge is -2.40. The molecule has 8 N–H and O–H groups in total. The van der Waals surface area contributed by atoms with E-state index in [0.29, 0.717) is 19.3 Å². The highest BCUT2D eigenvalue weighted by atomic mass is 16.7. The fourth-order valence-electron chi connectivity index (χ4n) is 6.71. The van der Waals surface area contributed by atoms with Crippen molar-refractivity contribution in [1.82, 2.24) is 5.32 Å². The molecule has 1 saturated heterocycles. The van der Waals surface area contributed by atoms with Gasteiger partial charge in [-0.1, -0.05) is 154 Å². The van der Waals surface area contributed by atoms with Gasteiger partial charge in [-0.2, -0.15) is 0 Å². The molecule has 0 aromatic carbocycles. The number of rotatable bonds is 34. The fraction of sp³-hybridized carbons (Fsp3) is 0.927. The molecule has 0 aromatic heterocycles. The van der Waals surface area contributed by atoms with E-state index in [4.69, 9.17) is 9.47 Å². The molecule has 1 fully saturated rings. The number of nitrogens with one attached hydrogen (secondary N) is 1. The lowest BCUT2D eigenvalue weighted by atomic mass is 9.98. The minimum atomic E-state index is -1.66. The van der Waals surface area contributed by atoms with Gasteiger partial charge < -0.3 is 50.5 Å². The van der Waals surface area contributed by atoms with E-state index in [1.54, 1.807) is 0 Å². The number of hydrogen-bond donors (Lipinski definition) is 8. The van der Waals surface area contributed by atoms with E-state index in [2.05, 4.69) is 31.3 Å². The van der Waals surface area contributed by atoms with Gasteiger partial charge in [-0.3, -0.25) is 4.79 Å². The molecule has 0 bridgehead atoms. The van der Waals surface area contributed by atoms with Gasteiger partial charge in [-0.05, 0) is 32.1 Å². The van der Waals surface area contributed by atoms with Gasteiger partial charge in [-0.25, -0.2) is 0 Å². The Kier molecular flexibility index (Phi) is 30.2. The highest BCUT2D eigenvalue weighted by molar-refractivity contribution is 5.80. The van der Waals surface area contributed by atoms with E-state index in [1.807, 2.05) is 0 Å². The van der Waals surface area contributed by atoms with E-state index in [0.717, 1.165) is 51.4 Å². The number of carbonyl (C=O) groups is 1. The minimum Gasteiger partial charge on any atom is -0.394 e. The van der Waals surface area contributed by atoms with Gasteiger partial charge in [-0.15, -0.1) is 0 Å². The van der Waals surface area contributed by atoms with Crippen LogP contribution in [-0.2, 0) is 14.3 Å². The molecule has 0 radical (unpaired) electrons. The number of hydrogen-bond acceptors (Lipinski definition) is 10. The lowest BCUT2D eigenvalue weighted by molar-refractivity contribution is -0.303. The summed E-state index contributed by atoms with van der Waals surface area (Å²) in [6.45, 7) is 3.36. The molecule has 1 amide bonds. The second-order valence-electron chi connectivity index (χ2n) is 15.1. The number of allylic oxidation sites excluding steroid dienone is 2. The lowest BCUT2D eigenvalue weighted by Crippen LogP contribution is -2.60. The Morgan fingerprint density at radius 1 is 0.654 bits per heavy atom. The molecule has 0 spiro atoms. The molecule has 11 heteroatoms. The van der Waals surface area contributed by atoms with Crippen molar-refractivity contribution in [2.45, 2.75) is 229 Å². The van der Waals surface area contributed by atoms with Crippen molar-refractivity contribution in [3.63, 3.8) is 0 Å². The van der Waals surface area contributed by atoms with Gasteiger partial charge in [0.25, 0.3) is 0 Å². The van der Waals surface area contributed by atoms with Crippen LogP contribution in [0.3, 0.4) is 0 Å². The minimum absolute atomic E-state index is 0.246. The monoisotopic (exact) mass is 746 g/mol. The Labute approximate surface area is 315 Å². The SMILES string of the molecule is CCCC/C=C\CCCCCCC(O)C(=O)NC(COC1OC(CO)C(O)C(O)C1O)C(O)C(O)CCCCCCCCCCCCCCCCC. The first kappa shape index (κ1) is 48.9. The van der Waals surface area contributed by atoms with Crippen LogP contribution < -0.4 is 5.32 Å². The van der Waals surface area contributed by atoms with E-state index >= 15 is 0 Å². The van der Waals surface area contributed by atoms with Crippen LogP contribution in [-0.4, -0.2) is 110 Å². The first-order chi connectivity index (χ1) is 25.2. The van der Waals surface area contributed by atoms with Gasteiger partial charge >= 0.3 is 0 Å². The van der Waals surface area contributed by atoms with E-state index in [1.165, 1.54) is 83.5 Å². The second-order valence-corrected chi connectivity index (χ2v) is 15.1. The summed E-state index contributed by atoms with van der Waals surface area (Å²) >= 11 is 0. The highest BCUT2D eigenvalue weighted by Gasteiger charge is 2.44. The van der Waals surface area contributed by atoms with E-state index < -0.39 is 74.2 Å². The molecule has 1 rings (SSSR count). The van der Waals surface area contributed by atoms with Gasteiger partial charge in [0.15, 0.2) is 6.29 Å². The molecule has 308 valence electrons. The summed E-state index contributed by atoms with van der Waals surface area (Å²) in [6, 6.07) is -1.17. The third-order valence-corrected chi connectivity index (χ3v) is 10.3. The smallest absolute Gasteiger partial charge is 0.249 e. The summed E-state index contributed by atoms with van der Waals surface area (Å²) < 4.78 is 11.0. The zero-order chi connectivity index (χ0) is 38.4. The number of unbranched alkanes of at least 4 members (excludes halogenated alkanes) is 20. The number of amides is 1. The Balaban J connectivity index is 2.51. The Bertz CT molecular complexity index is 861. The maximum absolute atomic E-state index is 13.0. The summed E-state index contributed by atoms with van der Waals surface area (Å²) in [7, 11) is 0. The van der Waals surface area contributed by atoms with Crippen molar-refractivity contribution in [3.05, 3.63) is 12.2 Å². The maximum Gasteiger partial charge on any atom is 0.249 e. The van der Waals surface area contributed by atoms with Gasteiger partial charge in [0.05, 0.1) is 25.4 Å². The van der Waals surface area contributed by atoms with E-state index in [-0.39, 0.29) is 6.42 Å². The van der Waals surface area contributed by atoms with Crippen LogP contribution in [0.15, 0.2) is 12.2 Å². The van der Waals surface area contributed by atoms with Gasteiger partial charge in [0.2, 0.25) is 5.91 Å². The van der Waals surface area contributed by atoms with E-state index in [9.17, 15) is 40.5 Å². The van der Waals surface area contributed by atoms with Crippen molar-refractivity contribution in [2.75, 3.05) is 13.2 Å². The van der Waals surface area contributed by atoms with Crippen molar-refractivity contribution in [1.29, 1.82) is 0 Å². The van der Waals surface area contributed by atoms with Gasteiger partial charge in [0, 0.05) is 0 Å². The number of aliphatic hydroxyl groups excluding tert-OH is 7. The molecule has 0 saturated carbocycles. The Morgan fingerprint density at radius 2 is 1.13 bits per heavy atom. The number of ether oxygens (including phenoxy) is 2. The predicted octanol–water partition coefficient (Wildman–Crippen LogP) is 5.72. The van der Waals surface area contributed by atoms with Crippen LogP contribution in [0, 0.1) is 0 Å². The fourth-order valence-corrected chi connectivity index (χ4v) is 6.71. The zero-order valence-electron chi connectivity index (χ0n) is 32.8.